The first-order valence-corrected chi connectivity index (χ1v) is 8.41. The Morgan fingerprint density at radius 1 is 1.33 bits per heavy atom. The SMILES string of the molecule is COc1cccc(C=NNC(=O)c2ccc(Cn3cc(Cl)cn3)cc2)c1O. The van der Waals surface area contributed by atoms with Crippen LogP contribution in [-0.4, -0.2) is 34.1 Å². The number of phenolic OH excluding ortho intramolecular Hbond substituents is 1. The number of nitrogens with zero attached hydrogens (tertiary/aromatic N) is 3. The van der Waals surface area contributed by atoms with Crippen molar-refractivity contribution in [1.29, 1.82) is 0 Å². The second-order valence-electron chi connectivity index (χ2n) is 5.65. The fraction of sp³-hybridized carbons (Fsp3) is 0.105. The van der Waals surface area contributed by atoms with Gasteiger partial charge in [0.05, 0.1) is 31.1 Å². The normalized spacial score (nSPS) is 10.9. The first-order valence-electron chi connectivity index (χ1n) is 8.03. The fourth-order valence-electron chi connectivity index (χ4n) is 2.41. The maximum atomic E-state index is 12.2. The van der Waals surface area contributed by atoms with Crippen molar-refractivity contribution in [2.75, 3.05) is 7.11 Å². The third-order valence-electron chi connectivity index (χ3n) is 3.78. The molecule has 3 aromatic rings. The highest BCUT2D eigenvalue weighted by atomic mass is 35.5. The van der Waals surface area contributed by atoms with E-state index in [2.05, 4.69) is 15.6 Å². The van der Waals surface area contributed by atoms with Crippen molar-refractivity contribution in [1.82, 2.24) is 15.2 Å². The number of aromatic hydroxyl groups is 1. The van der Waals surface area contributed by atoms with E-state index >= 15 is 0 Å². The quantitative estimate of drug-likeness (QED) is 0.505. The highest BCUT2D eigenvalue weighted by Gasteiger charge is 2.07. The number of halogens is 1. The molecule has 0 saturated heterocycles. The van der Waals surface area contributed by atoms with Gasteiger partial charge in [0, 0.05) is 17.3 Å². The van der Waals surface area contributed by atoms with E-state index < -0.39 is 0 Å². The van der Waals surface area contributed by atoms with Crippen LogP contribution in [0.2, 0.25) is 5.02 Å². The molecule has 8 heteroatoms. The van der Waals surface area contributed by atoms with Gasteiger partial charge in [-0.05, 0) is 29.8 Å². The van der Waals surface area contributed by atoms with Gasteiger partial charge in [-0.15, -0.1) is 0 Å². The molecule has 138 valence electrons. The largest absolute Gasteiger partial charge is 0.504 e. The van der Waals surface area contributed by atoms with E-state index in [9.17, 15) is 9.90 Å². The molecule has 0 spiro atoms. The predicted octanol–water partition coefficient (Wildman–Crippen LogP) is 3.06. The van der Waals surface area contributed by atoms with Crippen molar-refractivity contribution < 1.29 is 14.6 Å². The molecule has 1 heterocycles. The third-order valence-corrected chi connectivity index (χ3v) is 3.98. The Hall–Kier alpha value is -3.32. The average molecular weight is 385 g/mol. The van der Waals surface area contributed by atoms with E-state index in [1.165, 1.54) is 13.3 Å². The Morgan fingerprint density at radius 2 is 2.11 bits per heavy atom. The molecular formula is C19H17ClN4O3. The van der Waals surface area contributed by atoms with E-state index in [4.69, 9.17) is 16.3 Å². The smallest absolute Gasteiger partial charge is 0.271 e. The lowest BCUT2D eigenvalue weighted by molar-refractivity contribution is 0.0955. The van der Waals surface area contributed by atoms with Crippen molar-refractivity contribution in [2.24, 2.45) is 5.10 Å². The number of benzene rings is 2. The molecule has 0 aliphatic carbocycles. The molecule has 0 bridgehead atoms. The summed E-state index contributed by atoms with van der Waals surface area (Å²) in [5.74, 6) is -0.0669. The number of hydrogen-bond donors (Lipinski definition) is 2. The molecule has 27 heavy (non-hydrogen) atoms. The lowest BCUT2D eigenvalue weighted by Gasteiger charge is -2.05. The Morgan fingerprint density at radius 3 is 2.78 bits per heavy atom. The molecule has 7 nitrogen and oxygen atoms in total. The van der Waals surface area contributed by atoms with Crippen LogP contribution in [0.15, 0.2) is 60.0 Å². The number of carbonyl (C=O) groups excluding carboxylic acids is 1. The van der Waals surface area contributed by atoms with Gasteiger partial charge in [-0.25, -0.2) is 5.43 Å². The summed E-state index contributed by atoms with van der Waals surface area (Å²) in [5, 5.41) is 18.5. The minimum atomic E-state index is -0.359. The standard InChI is InChI=1S/C19H17ClN4O3/c1-27-17-4-2-3-15(18(17)25)9-21-23-19(26)14-7-5-13(6-8-14)11-24-12-16(20)10-22-24/h2-10,12,25H,11H2,1H3,(H,23,26). The topological polar surface area (TPSA) is 88.7 Å². The molecule has 3 rings (SSSR count). The van der Waals surface area contributed by atoms with Crippen LogP contribution in [-0.2, 0) is 6.54 Å². The molecule has 0 aliphatic heterocycles. The van der Waals surface area contributed by atoms with Crippen molar-refractivity contribution in [3.63, 3.8) is 0 Å². The average Bonchev–Trinajstić information content (AvgIpc) is 3.08. The van der Waals surface area contributed by atoms with Gasteiger partial charge in [0.2, 0.25) is 0 Å². The van der Waals surface area contributed by atoms with Crippen LogP contribution in [0.4, 0.5) is 0 Å². The first-order chi connectivity index (χ1) is 13.1. The summed E-state index contributed by atoms with van der Waals surface area (Å²) in [7, 11) is 1.46. The number of hydrazone groups is 1. The van der Waals surface area contributed by atoms with Crippen molar-refractivity contribution in [3.05, 3.63) is 76.6 Å². The zero-order valence-corrected chi connectivity index (χ0v) is 15.2. The van der Waals surface area contributed by atoms with Gasteiger partial charge < -0.3 is 9.84 Å². The Balaban J connectivity index is 1.61. The van der Waals surface area contributed by atoms with Gasteiger partial charge in [-0.1, -0.05) is 29.8 Å². The molecular weight excluding hydrogens is 368 g/mol. The van der Waals surface area contributed by atoms with Gasteiger partial charge in [0.15, 0.2) is 11.5 Å². The van der Waals surface area contributed by atoms with Crippen molar-refractivity contribution in [3.8, 4) is 11.5 Å². The van der Waals surface area contributed by atoms with Gasteiger partial charge in [0.1, 0.15) is 0 Å². The van der Waals surface area contributed by atoms with E-state index in [1.54, 1.807) is 47.4 Å². The summed E-state index contributed by atoms with van der Waals surface area (Å²) < 4.78 is 6.74. The van der Waals surface area contributed by atoms with E-state index in [1.807, 2.05) is 12.1 Å². The summed E-state index contributed by atoms with van der Waals surface area (Å²) in [5.41, 5.74) is 4.31. The number of rotatable bonds is 6. The summed E-state index contributed by atoms with van der Waals surface area (Å²) >= 11 is 5.84. The van der Waals surface area contributed by atoms with Crippen LogP contribution in [0.5, 0.6) is 11.5 Å². The summed E-state index contributed by atoms with van der Waals surface area (Å²) in [6.45, 7) is 0.557. The molecule has 1 amide bonds. The number of phenols is 1. The van der Waals surface area contributed by atoms with Crippen LogP contribution >= 0.6 is 11.6 Å². The molecule has 2 aromatic carbocycles. The molecule has 2 N–H and O–H groups in total. The van der Waals surface area contributed by atoms with E-state index in [0.29, 0.717) is 28.4 Å². The van der Waals surface area contributed by atoms with Crippen LogP contribution < -0.4 is 10.2 Å². The lowest BCUT2D eigenvalue weighted by atomic mass is 10.1. The second-order valence-corrected chi connectivity index (χ2v) is 6.09. The summed E-state index contributed by atoms with van der Waals surface area (Å²) in [6, 6.07) is 12.1. The number of hydrogen-bond acceptors (Lipinski definition) is 5. The highest BCUT2D eigenvalue weighted by Crippen LogP contribution is 2.27. The van der Waals surface area contributed by atoms with Crippen LogP contribution in [0, 0.1) is 0 Å². The van der Waals surface area contributed by atoms with Crippen LogP contribution in [0.1, 0.15) is 21.5 Å². The number of ether oxygens (including phenoxy) is 1. The molecule has 0 atom stereocenters. The minimum absolute atomic E-state index is 0.0407. The molecule has 0 aliphatic rings. The van der Waals surface area contributed by atoms with Crippen molar-refractivity contribution in [2.45, 2.75) is 6.54 Å². The van der Waals surface area contributed by atoms with Crippen LogP contribution in [0.3, 0.4) is 0 Å². The summed E-state index contributed by atoms with van der Waals surface area (Å²) in [4.78, 5) is 12.2. The number of amides is 1. The molecule has 0 saturated carbocycles. The van der Waals surface area contributed by atoms with E-state index in [-0.39, 0.29) is 11.7 Å². The van der Waals surface area contributed by atoms with Crippen LogP contribution in [0.25, 0.3) is 0 Å². The highest BCUT2D eigenvalue weighted by molar-refractivity contribution is 6.30. The number of methoxy groups -OCH3 is 1. The van der Waals surface area contributed by atoms with Crippen molar-refractivity contribution >= 4 is 23.7 Å². The monoisotopic (exact) mass is 384 g/mol. The number of nitrogens with one attached hydrogen (secondary N) is 1. The van der Waals surface area contributed by atoms with Gasteiger partial charge in [0.25, 0.3) is 5.91 Å². The predicted molar refractivity (Wildman–Crippen MR) is 102 cm³/mol. The Bertz CT molecular complexity index is 967. The van der Waals surface area contributed by atoms with Gasteiger partial charge in [-0.3, -0.25) is 9.48 Å². The molecule has 1 aromatic heterocycles. The zero-order chi connectivity index (χ0) is 19.2. The Kier molecular flexibility index (Phi) is 5.73. The zero-order valence-electron chi connectivity index (χ0n) is 14.5. The molecule has 0 unspecified atom stereocenters. The number of para-hydroxylation sites is 1. The fourth-order valence-corrected chi connectivity index (χ4v) is 2.56. The number of aromatic nitrogens is 2. The third kappa shape index (κ3) is 4.65. The second kappa shape index (κ2) is 8.37. The maximum Gasteiger partial charge on any atom is 0.271 e. The maximum absolute atomic E-state index is 12.2. The molecule has 0 fully saturated rings. The molecule has 0 radical (unpaired) electrons. The van der Waals surface area contributed by atoms with Gasteiger partial charge >= 0.3 is 0 Å². The van der Waals surface area contributed by atoms with Gasteiger partial charge in [-0.2, -0.15) is 10.2 Å². The Labute approximate surface area is 160 Å². The summed E-state index contributed by atoms with van der Waals surface area (Å²) in [6.07, 6.45) is 4.65. The van der Waals surface area contributed by atoms with E-state index in [0.717, 1.165) is 5.56 Å². The minimum Gasteiger partial charge on any atom is -0.504 e. The number of carbonyl (C=O) groups is 1. The lowest BCUT2D eigenvalue weighted by Crippen LogP contribution is -2.17. The first kappa shape index (κ1) is 18.5.